The molecule has 92 valence electrons. The third-order valence-electron chi connectivity index (χ3n) is 3.13. The maximum Gasteiger partial charge on any atom is 0.0245 e. The van der Waals surface area contributed by atoms with Crippen LogP contribution in [0.15, 0.2) is 41.8 Å². The highest BCUT2D eigenvalue weighted by Crippen LogP contribution is 2.29. The van der Waals surface area contributed by atoms with Crippen molar-refractivity contribution in [3.63, 3.8) is 0 Å². The number of thiophene rings is 1. The molecule has 0 unspecified atom stereocenters. The van der Waals surface area contributed by atoms with Gasteiger partial charge in [-0.15, -0.1) is 17.3 Å². The van der Waals surface area contributed by atoms with Crippen molar-refractivity contribution in [3.05, 3.63) is 57.8 Å². The second-order valence-corrected chi connectivity index (χ2v) is 6.12. The van der Waals surface area contributed by atoms with Gasteiger partial charge in [-0.3, -0.25) is 0 Å². The fraction of sp³-hybridized carbons (Fsp3) is 0.294. The number of hydrogen-bond acceptors (Lipinski definition) is 1. The smallest absolute Gasteiger partial charge is 0.0245 e. The molecule has 1 aromatic heterocycles. The third kappa shape index (κ3) is 3.03. The van der Waals surface area contributed by atoms with Gasteiger partial charge in [-0.2, -0.15) is 0 Å². The fourth-order valence-corrected chi connectivity index (χ4v) is 3.03. The summed E-state index contributed by atoms with van der Waals surface area (Å²) in [6, 6.07) is 13.0. The Hall–Kier alpha value is -1.52. The zero-order valence-electron chi connectivity index (χ0n) is 11.2. The minimum Gasteiger partial charge on any atom is -0.149 e. The van der Waals surface area contributed by atoms with Crippen molar-refractivity contribution in [3.8, 4) is 11.8 Å². The van der Waals surface area contributed by atoms with E-state index in [1.54, 1.807) is 0 Å². The van der Waals surface area contributed by atoms with Crippen molar-refractivity contribution in [2.45, 2.75) is 32.6 Å². The SMILES string of the molecule is CC#Cc1ccc(C(C)(C)Cc2cccs2)cc1. The lowest BCUT2D eigenvalue weighted by Crippen LogP contribution is -2.19. The van der Waals surface area contributed by atoms with Gasteiger partial charge in [0.15, 0.2) is 0 Å². The predicted molar refractivity (Wildman–Crippen MR) is 80.0 cm³/mol. The van der Waals surface area contributed by atoms with Crippen LogP contribution in [0.25, 0.3) is 0 Å². The zero-order chi connectivity index (χ0) is 13.0. The lowest BCUT2D eigenvalue weighted by molar-refractivity contribution is 0.527. The highest BCUT2D eigenvalue weighted by molar-refractivity contribution is 7.09. The van der Waals surface area contributed by atoms with E-state index in [-0.39, 0.29) is 5.41 Å². The summed E-state index contributed by atoms with van der Waals surface area (Å²) in [5, 5.41) is 2.14. The van der Waals surface area contributed by atoms with Gasteiger partial charge in [-0.25, -0.2) is 0 Å². The van der Waals surface area contributed by atoms with E-state index in [9.17, 15) is 0 Å². The molecule has 1 heteroatoms. The van der Waals surface area contributed by atoms with Crippen molar-refractivity contribution in [1.82, 2.24) is 0 Å². The van der Waals surface area contributed by atoms with E-state index in [4.69, 9.17) is 0 Å². The molecule has 0 bridgehead atoms. The molecule has 1 heterocycles. The molecular weight excluding hydrogens is 236 g/mol. The molecule has 18 heavy (non-hydrogen) atoms. The quantitative estimate of drug-likeness (QED) is 0.700. The number of hydrogen-bond donors (Lipinski definition) is 0. The van der Waals surface area contributed by atoms with Crippen LogP contribution in [-0.2, 0) is 11.8 Å². The average Bonchev–Trinajstić information content (AvgIpc) is 2.82. The van der Waals surface area contributed by atoms with Gasteiger partial charge in [-0.05, 0) is 47.9 Å². The second-order valence-electron chi connectivity index (χ2n) is 5.09. The van der Waals surface area contributed by atoms with Crippen molar-refractivity contribution in [1.29, 1.82) is 0 Å². The lowest BCUT2D eigenvalue weighted by atomic mass is 9.81. The molecule has 0 spiro atoms. The van der Waals surface area contributed by atoms with Gasteiger partial charge in [0, 0.05) is 10.4 Å². The molecule has 0 radical (unpaired) electrons. The molecule has 0 aliphatic heterocycles. The third-order valence-corrected chi connectivity index (χ3v) is 4.01. The number of rotatable bonds is 3. The highest BCUT2D eigenvalue weighted by Gasteiger charge is 2.21. The van der Waals surface area contributed by atoms with Crippen molar-refractivity contribution >= 4 is 11.3 Å². The Labute approximate surface area is 114 Å². The van der Waals surface area contributed by atoms with Gasteiger partial charge in [0.1, 0.15) is 0 Å². The minimum absolute atomic E-state index is 0.170. The molecule has 0 saturated carbocycles. The highest BCUT2D eigenvalue weighted by atomic mass is 32.1. The molecule has 2 aromatic rings. The Balaban J connectivity index is 2.20. The zero-order valence-corrected chi connectivity index (χ0v) is 12.0. The fourth-order valence-electron chi connectivity index (χ4n) is 2.10. The van der Waals surface area contributed by atoms with E-state index in [1.165, 1.54) is 10.4 Å². The maximum atomic E-state index is 3.08. The predicted octanol–water partition coefficient (Wildman–Crippen LogP) is 4.64. The van der Waals surface area contributed by atoms with Gasteiger partial charge >= 0.3 is 0 Å². The van der Waals surface area contributed by atoms with Crippen LogP contribution in [0.4, 0.5) is 0 Å². The van der Waals surface area contributed by atoms with Gasteiger partial charge in [-0.1, -0.05) is 38.0 Å². The summed E-state index contributed by atoms with van der Waals surface area (Å²) in [6.45, 7) is 6.47. The monoisotopic (exact) mass is 254 g/mol. The van der Waals surface area contributed by atoms with Crippen LogP contribution in [0.1, 0.15) is 36.8 Å². The molecule has 0 N–H and O–H groups in total. The first kappa shape index (κ1) is 12.9. The Morgan fingerprint density at radius 3 is 2.39 bits per heavy atom. The maximum absolute atomic E-state index is 3.08. The molecule has 0 aliphatic rings. The largest absolute Gasteiger partial charge is 0.149 e. The van der Waals surface area contributed by atoms with E-state index >= 15 is 0 Å². The lowest BCUT2D eigenvalue weighted by Gasteiger charge is -2.24. The van der Waals surface area contributed by atoms with E-state index in [0.717, 1.165) is 12.0 Å². The molecule has 0 nitrogen and oxygen atoms in total. The molecule has 2 rings (SSSR count). The summed E-state index contributed by atoms with van der Waals surface area (Å²) < 4.78 is 0. The van der Waals surface area contributed by atoms with E-state index in [0.29, 0.717) is 0 Å². The normalized spacial score (nSPS) is 10.8. The molecule has 0 atom stereocenters. The van der Waals surface area contributed by atoms with E-state index in [2.05, 4.69) is 67.5 Å². The number of benzene rings is 1. The Bertz CT molecular complexity index is 548. The molecule has 0 aliphatic carbocycles. The summed E-state index contributed by atoms with van der Waals surface area (Å²) in [5.41, 5.74) is 2.63. The summed E-state index contributed by atoms with van der Waals surface area (Å²) in [7, 11) is 0. The average molecular weight is 254 g/mol. The summed E-state index contributed by atoms with van der Waals surface area (Å²) in [6.07, 6.45) is 1.09. The van der Waals surface area contributed by atoms with Crippen LogP contribution in [0, 0.1) is 11.8 Å². The van der Waals surface area contributed by atoms with Crippen molar-refractivity contribution in [2.24, 2.45) is 0 Å². The van der Waals surface area contributed by atoms with Crippen LogP contribution >= 0.6 is 11.3 Å². The molecule has 0 fully saturated rings. The molecule has 1 aromatic carbocycles. The first-order chi connectivity index (χ1) is 8.62. The Kier molecular flexibility index (Phi) is 3.89. The molecule has 0 saturated heterocycles. The van der Waals surface area contributed by atoms with E-state index in [1.807, 2.05) is 18.3 Å². The van der Waals surface area contributed by atoms with Crippen LogP contribution in [-0.4, -0.2) is 0 Å². The summed E-state index contributed by atoms with van der Waals surface area (Å²) in [5.74, 6) is 6.01. The van der Waals surface area contributed by atoms with Crippen LogP contribution in [0.2, 0.25) is 0 Å². The van der Waals surface area contributed by atoms with Gasteiger partial charge < -0.3 is 0 Å². The summed E-state index contributed by atoms with van der Waals surface area (Å²) in [4.78, 5) is 1.44. The first-order valence-corrected chi connectivity index (χ1v) is 7.05. The Morgan fingerprint density at radius 2 is 1.83 bits per heavy atom. The molecular formula is C17H18S. The summed E-state index contributed by atoms with van der Waals surface area (Å²) >= 11 is 1.83. The van der Waals surface area contributed by atoms with Gasteiger partial charge in [0.25, 0.3) is 0 Å². The van der Waals surface area contributed by atoms with Crippen molar-refractivity contribution in [2.75, 3.05) is 0 Å². The van der Waals surface area contributed by atoms with Crippen LogP contribution < -0.4 is 0 Å². The van der Waals surface area contributed by atoms with Gasteiger partial charge in [0.2, 0.25) is 0 Å². The van der Waals surface area contributed by atoms with Crippen LogP contribution in [0.5, 0.6) is 0 Å². The van der Waals surface area contributed by atoms with Crippen molar-refractivity contribution < 1.29 is 0 Å². The minimum atomic E-state index is 0.170. The topological polar surface area (TPSA) is 0 Å². The standard InChI is InChI=1S/C17H18S/c1-4-6-14-8-10-15(11-9-14)17(2,3)13-16-7-5-12-18-16/h5,7-12H,13H2,1-3H3. The van der Waals surface area contributed by atoms with Gasteiger partial charge in [0.05, 0.1) is 0 Å². The molecule has 0 amide bonds. The second kappa shape index (κ2) is 5.42. The van der Waals surface area contributed by atoms with Crippen LogP contribution in [0.3, 0.4) is 0 Å². The Morgan fingerprint density at radius 1 is 1.11 bits per heavy atom. The van der Waals surface area contributed by atoms with E-state index < -0.39 is 0 Å². The first-order valence-electron chi connectivity index (χ1n) is 6.17.